The summed E-state index contributed by atoms with van der Waals surface area (Å²) in [5.41, 5.74) is 7.73. The summed E-state index contributed by atoms with van der Waals surface area (Å²) in [4.78, 5) is 26.2. The number of aromatic nitrogens is 4. The molecule has 3 heterocycles. The molecule has 0 amide bonds. The molecule has 0 saturated carbocycles. The third kappa shape index (κ3) is 6.72. The Morgan fingerprint density at radius 3 is 2.70 bits per heavy atom. The fourth-order valence-electron chi connectivity index (χ4n) is 4.39. The number of nitrogens with one attached hydrogen (secondary N) is 1. The maximum absolute atomic E-state index is 11.0. The van der Waals surface area contributed by atoms with Gasteiger partial charge in [-0.3, -0.25) is 14.3 Å². The van der Waals surface area contributed by atoms with Gasteiger partial charge in [0.05, 0.1) is 6.33 Å². The van der Waals surface area contributed by atoms with Gasteiger partial charge < -0.3 is 31.1 Å². The molecule has 1 aliphatic heterocycles. The Hall–Kier alpha value is -2.43. The molecule has 3 aromatic rings. The summed E-state index contributed by atoms with van der Waals surface area (Å²) < 4.78 is 8.59. The number of imidazole rings is 1. The van der Waals surface area contributed by atoms with Gasteiger partial charge in [0, 0.05) is 24.1 Å². The van der Waals surface area contributed by atoms with Gasteiger partial charge in [-0.15, -0.1) is 0 Å². The molecule has 12 nitrogen and oxygen atoms in total. The van der Waals surface area contributed by atoms with Gasteiger partial charge in [-0.25, -0.2) is 15.0 Å². The highest BCUT2D eigenvalue weighted by Crippen LogP contribution is 2.32. The van der Waals surface area contributed by atoms with Crippen LogP contribution in [0.2, 0.25) is 0 Å². The minimum Gasteiger partial charge on any atom is -0.480 e. The summed E-state index contributed by atoms with van der Waals surface area (Å²) in [7, 11) is 0. The first-order valence-electron chi connectivity index (χ1n) is 12.1. The zero-order valence-corrected chi connectivity index (χ0v) is 22.4. The molecule has 13 heteroatoms. The highest BCUT2D eigenvalue weighted by atomic mass is 127. The highest BCUT2D eigenvalue weighted by molar-refractivity contribution is 14.1. The maximum atomic E-state index is 11.0. The summed E-state index contributed by atoms with van der Waals surface area (Å²) in [6.45, 7) is 2.28. The van der Waals surface area contributed by atoms with Crippen LogP contribution in [0.15, 0.2) is 43.0 Å². The van der Waals surface area contributed by atoms with E-state index in [9.17, 15) is 15.0 Å². The number of nitrogens with two attached hydrogens (primary N) is 1. The van der Waals surface area contributed by atoms with E-state index in [1.807, 2.05) is 30.3 Å². The molecule has 5 atom stereocenters. The van der Waals surface area contributed by atoms with E-state index in [2.05, 4.69) is 47.8 Å². The number of anilines is 1. The molecule has 1 saturated heterocycles. The van der Waals surface area contributed by atoms with Gasteiger partial charge in [-0.1, -0.05) is 52.9 Å². The molecule has 6 N–H and O–H groups in total. The van der Waals surface area contributed by atoms with E-state index in [0.717, 1.165) is 16.5 Å². The Bertz CT molecular complexity index is 1170. The van der Waals surface area contributed by atoms with Crippen molar-refractivity contribution in [2.45, 2.75) is 50.0 Å². The van der Waals surface area contributed by atoms with Crippen molar-refractivity contribution in [3.8, 4) is 0 Å². The van der Waals surface area contributed by atoms with Gasteiger partial charge >= 0.3 is 5.97 Å². The van der Waals surface area contributed by atoms with Crippen molar-refractivity contribution in [1.29, 1.82) is 0 Å². The van der Waals surface area contributed by atoms with Gasteiger partial charge in [0.1, 0.15) is 30.7 Å². The van der Waals surface area contributed by atoms with Gasteiger partial charge in [-0.05, 0) is 24.9 Å². The molecule has 0 unspecified atom stereocenters. The van der Waals surface area contributed by atoms with Gasteiger partial charge in [0.2, 0.25) is 0 Å². The monoisotopic (exact) mass is 625 g/mol. The third-order valence-electron chi connectivity index (χ3n) is 6.42. The molecule has 2 aromatic heterocycles. The van der Waals surface area contributed by atoms with Crippen LogP contribution in [-0.4, -0.2) is 94.1 Å². The Morgan fingerprint density at radius 1 is 1.19 bits per heavy atom. The number of hydrogen-bond donors (Lipinski definition) is 5. The molecule has 4 rings (SSSR count). The SMILES string of the molecule is N[C@@H](CCCN(CCI)C[C@H]1O[C@@H](n2cnc3c(NCc4ccccc4)ncnc32)[C@H](O)[C@@H]1O)C(=O)O. The van der Waals surface area contributed by atoms with Crippen LogP contribution in [0.1, 0.15) is 24.6 Å². The Labute approximate surface area is 228 Å². The molecule has 0 spiro atoms. The second-order valence-corrected chi connectivity index (χ2v) is 10.1. The van der Waals surface area contributed by atoms with Crippen molar-refractivity contribution >= 4 is 45.5 Å². The molecule has 1 aromatic carbocycles. The largest absolute Gasteiger partial charge is 0.480 e. The number of benzene rings is 1. The zero-order chi connectivity index (χ0) is 26.4. The fourth-order valence-corrected chi connectivity index (χ4v) is 5.07. The summed E-state index contributed by atoms with van der Waals surface area (Å²) in [5.74, 6) is -0.458. The normalized spacial score (nSPS) is 22.5. The van der Waals surface area contributed by atoms with E-state index < -0.39 is 36.6 Å². The lowest BCUT2D eigenvalue weighted by atomic mass is 10.1. The molecule has 1 aliphatic rings. The average molecular weight is 625 g/mol. The van der Waals surface area contributed by atoms with Crippen molar-refractivity contribution in [3.05, 3.63) is 48.5 Å². The number of rotatable bonds is 13. The van der Waals surface area contributed by atoms with Crippen molar-refractivity contribution in [2.24, 2.45) is 5.73 Å². The number of aliphatic hydroxyl groups excluding tert-OH is 2. The first kappa shape index (κ1) is 27.6. The molecular formula is C24H32IN7O5. The third-order valence-corrected chi connectivity index (χ3v) is 6.90. The van der Waals surface area contributed by atoms with Gasteiger partial charge in [0.25, 0.3) is 0 Å². The molecule has 37 heavy (non-hydrogen) atoms. The van der Waals surface area contributed by atoms with Crippen LogP contribution >= 0.6 is 22.6 Å². The first-order valence-corrected chi connectivity index (χ1v) is 13.6. The van der Waals surface area contributed by atoms with E-state index in [1.54, 1.807) is 4.57 Å². The van der Waals surface area contributed by atoms with Crippen LogP contribution < -0.4 is 11.1 Å². The number of aliphatic hydroxyl groups is 2. The lowest BCUT2D eigenvalue weighted by Crippen LogP contribution is -2.41. The second-order valence-electron chi connectivity index (χ2n) is 9.01. The topological polar surface area (TPSA) is 172 Å². The minimum atomic E-state index is -1.18. The molecular weight excluding hydrogens is 593 g/mol. The van der Waals surface area contributed by atoms with Crippen LogP contribution in [0.5, 0.6) is 0 Å². The van der Waals surface area contributed by atoms with E-state index >= 15 is 0 Å². The van der Waals surface area contributed by atoms with E-state index in [-0.39, 0.29) is 0 Å². The standard InChI is InChI=1S/C24H32IN7O5/c25-8-10-31(9-4-7-16(26)24(35)36)12-17-19(33)20(34)23(37-17)32-14-30-18-21(28-13-29-22(18)32)27-11-15-5-2-1-3-6-15/h1-3,5-6,13-14,16-17,19-20,23,33-34H,4,7-12,26H2,(H,35,36)(H,27,28,29)/t16-,17+,19+,20+,23+/m0/s1. The lowest BCUT2D eigenvalue weighted by molar-refractivity contribution is -0.138. The highest BCUT2D eigenvalue weighted by Gasteiger charge is 2.44. The Balaban J connectivity index is 1.43. The number of carboxylic acids is 1. The predicted octanol–water partition coefficient (Wildman–Crippen LogP) is 0.987. The van der Waals surface area contributed by atoms with Crippen molar-refractivity contribution < 1.29 is 24.9 Å². The summed E-state index contributed by atoms with van der Waals surface area (Å²) in [5, 5.41) is 33.9. The van der Waals surface area contributed by atoms with Crippen LogP contribution in [-0.2, 0) is 16.1 Å². The molecule has 200 valence electrons. The van der Waals surface area contributed by atoms with E-state index in [0.29, 0.717) is 49.5 Å². The number of carboxylic acid groups (broad SMARTS) is 1. The second kappa shape index (κ2) is 12.9. The van der Waals surface area contributed by atoms with Gasteiger partial charge in [0.15, 0.2) is 23.2 Å². The lowest BCUT2D eigenvalue weighted by Gasteiger charge is -2.26. The first-order chi connectivity index (χ1) is 17.9. The number of carbonyl (C=O) groups is 1. The smallest absolute Gasteiger partial charge is 0.320 e. The summed E-state index contributed by atoms with van der Waals surface area (Å²) >= 11 is 2.26. The predicted molar refractivity (Wildman–Crippen MR) is 145 cm³/mol. The van der Waals surface area contributed by atoms with Crippen molar-refractivity contribution in [3.63, 3.8) is 0 Å². The maximum Gasteiger partial charge on any atom is 0.320 e. The Kier molecular flexibility index (Phi) is 9.61. The summed E-state index contributed by atoms with van der Waals surface area (Å²) in [6, 6.07) is 9.01. The minimum absolute atomic E-state index is 0.355. The Morgan fingerprint density at radius 2 is 1.97 bits per heavy atom. The van der Waals surface area contributed by atoms with Crippen LogP contribution in [0.4, 0.5) is 5.82 Å². The molecule has 0 aliphatic carbocycles. The van der Waals surface area contributed by atoms with Crippen molar-refractivity contribution in [1.82, 2.24) is 24.4 Å². The van der Waals surface area contributed by atoms with E-state index in [4.69, 9.17) is 15.6 Å². The molecule has 0 bridgehead atoms. The van der Waals surface area contributed by atoms with Crippen molar-refractivity contribution in [2.75, 3.05) is 29.4 Å². The number of ether oxygens (including phenoxy) is 1. The number of hydrogen-bond acceptors (Lipinski definition) is 10. The van der Waals surface area contributed by atoms with Crippen LogP contribution in [0.25, 0.3) is 11.2 Å². The number of alkyl halides is 1. The number of aliphatic carboxylic acids is 1. The number of halogens is 1. The van der Waals surface area contributed by atoms with Gasteiger partial charge in [-0.2, -0.15) is 0 Å². The van der Waals surface area contributed by atoms with Crippen LogP contribution in [0.3, 0.4) is 0 Å². The van der Waals surface area contributed by atoms with Crippen LogP contribution in [0, 0.1) is 0 Å². The molecule has 1 fully saturated rings. The average Bonchev–Trinajstić information content (AvgIpc) is 3.44. The number of nitrogens with zero attached hydrogens (tertiary/aromatic N) is 5. The summed E-state index contributed by atoms with van der Waals surface area (Å²) in [6.07, 6.45) is 0.0979. The molecule has 0 radical (unpaired) electrons. The van der Waals surface area contributed by atoms with E-state index in [1.165, 1.54) is 12.7 Å². The quantitative estimate of drug-likeness (QED) is 0.136. The number of fused-ring (bicyclic) bond motifs is 1. The fraction of sp³-hybridized carbons (Fsp3) is 0.500. The zero-order valence-electron chi connectivity index (χ0n) is 20.2.